The van der Waals surface area contributed by atoms with Gasteiger partial charge in [-0.1, -0.05) is 23.5 Å². The van der Waals surface area contributed by atoms with Crippen LogP contribution in [0.15, 0.2) is 36.4 Å². The molecule has 0 fully saturated rings. The second kappa shape index (κ2) is 7.53. The van der Waals surface area contributed by atoms with Crippen molar-refractivity contribution in [3.8, 4) is 11.5 Å². The summed E-state index contributed by atoms with van der Waals surface area (Å²) in [6, 6.07) is 10.7. The van der Waals surface area contributed by atoms with Crippen LogP contribution in [0, 0.1) is 6.92 Å². The third-order valence-electron chi connectivity index (χ3n) is 3.80. The molecule has 0 saturated carbocycles. The minimum absolute atomic E-state index is 0.0706. The summed E-state index contributed by atoms with van der Waals surface area (Å²) in [5.74, 6) is 0.409. The van der Waals surface area contributed by atoms with Gasteiger partial charge in [-0.2, -0.15) is 0 Å². The van der Waals surface area contributed by atoms with E-state index in [0.29, 0.717) is 22.2 Å². The van der Waals surface area contributed by atoms with Crippen LogP contribution in [0.4, 0.5) is 5.13 Å². The fourth-order valence-electron chi connectivity index (χ4n) is 2.44. The summed E-state index contributed by atoms with van der Waals surface area (Å²) in [7, 11) is 1.48. The number of aryl methyl sites for hydroxylation is 1. The second-order valence-corrected chi connectivity index (χ2v) is 6.73. The number of anilines is 1. The third-order valence-corrected chi connectivity index (χ3v) is 4.73. The zero-order chi connectivity index (χ0) is 18.7. The number of benzene rings is 2. The highest BCUT2D eigenvalue weighted by molar-refractivity contribution is 7.22. The summed E-state index contributed by atoms with van der Waals surface area (Å²) >= 11 is 1.41. The maximum atomic E-state index is 12.2. The molecule has 1 N–H and O–H groups in total. The SMILES string of the molecule is COc1cc(C(C)=O)ccc1OCC(=O)Nc1nc2c(C)cccc2s1. The van der Waals surface area contributed by atoms with Gasteiger partial charge in [-0.15, -0.1) is 0 Å². The van der Waals surface area contributed by atoms with Gasteiger partial charge in [0.25, 0.3) is 5.91 Å². The van der Waals surface area contributed by atoms with Crippen LogP contribution in [0.25, 0.3) is 10.2 Å². The predicted molar refractivity (Wildman–Crippen MR) is 101 cm³/mol. The molecule has 26 heavy (non-hydrogen) atoms. The Bertz CT molecular complexity index is 981. The Morgan fingerprint density at radius 1 is 1.19 bits per heavy atom. The quantitative estimate of drug-likeness (QED) is 0.667. The van der Waals surface area contributed by atoms with E-state index >= 15 is 0 Å². The van der Waals surface area contributed by atoms with Gasteiger partial charge in [0.1, 0.15) is 0 Å². The topological polar surface area (TPSA) is 77.5 Å². The summed E-state index contributed by atoms with van der Waals surface area (Å²) in [5, 5.41) is 3.27. The number of thiazole rings is 1. The number of carbonyl (C=O) groups excluding carboxylic acids is 2. The molecule has 0 aliphatic rings. The van der Waals surface area contributed by atoms with Crippen LogP contribution in [-0.4, -0.2) is 30.4 Å². The van der Waals surface area contributed by atoms with E-state index in [9.17, 15) is 9.59 Å². The smallest absolute Gasteiger partial charge is 0.264 e. The Labute approximate surface area is 154 Å². The number of ketones is 1. The zero-order valence-corrected chi connectivity index (χ0v) is 15.5. The number of aromatic nitrogens is 1. The number of carbonyl (C=O) groups is 2. The Hall–Kier alpha value is -2.93. The molecule has 0 bridgehead atoms. The number of ether oxygens (including phenoxy) is 2. The standard InChI is InChI=1S/C19H18N2O4S/c1-11-5-4-6-16-18(11)21-19(26-16)20-17(23)10-25-14-8-7-13(12(2)22)9-15(14)24-3/h4-9H,10H2,1-3H3,(H,20,21,23). The molecule has 0 aliphatic carbocycles. The number of nitrogens with zero attached hydrogens (tertiary/aromatic N) is 1. The number of rotatable bonds is 6. The fourth-order valence-corrected chi connectivity index (χ4v) is 3.40. The summed E-state index contributed by atoms with van der Waals surface area (Å²) < 4.78 is 11.8. The molecular formula is C19H18N2O4S. The number of hydrogen-bond donors (Lipinski definition) is 1. The van der Waals surface area contributed by atoms with Crippen LogP contribution in [0.2, 0.25) is 0 Å². The summed E-state index contributed by atoms with van der Waals surface area (Å²) in [4.78, 5) is 28.0. The Balaban J connectivity index is 1.66. The predicted octanol–water partition coefficient (Wildman–Crippen LogP) is 3.83. The first-order chi connectivity index (χ1) is 12.5. The largest absolute Gasteiger partial charge is 0.493 e. The van der Waals surface area contributed by atoms with Crippen LogP contribution < -0.4 is 14.8 Å². The lowest BCUT2D eigenvalue weighted by Gasteiger charge is -2.11. The van der Waals surface area contributed by atoms with Crippen LogP contribution in [0.5, 0.6) is 11.5 Å². The number of nitrogens with one attached hydrogen (secondary N) is 1. The van der Waals surface area contributed by atoms with Crippen molar-refractivity contribution in [3.63, 3.8) is 0 Å². The third kappa shape index (κ3) is 3.83. The van der Waals surface area contributed by atoms with Crippen molar-refractivity contribution >= 4 is 38.4 Å². The number of methoxy groups -OCH3 is 1. The van der Waals surface area contributed by atoms with E-state index in [4.69, 9.17) is 9.47 Å². The minimum atomic E-state index is -0.320. The molecule has 0 unspecified atom stereocenters. The van der Waals surface area contributed by atoms with Crippen LogP contribution in [-0.2, 0) is 4.79 Å². The lowest BCUT2D eigenvalue weighted by atomic mass is 10.1. The normalized spacial score (nSPS) is 10.6. The molecule has 0 saturated heterocycles. The highest BCUT2D eigenvalue weighted by Crippen LogP contribution is 2.29. The number of amides is 1. The van der Waals surface area contributed by atoms with Crippen molar-refractivity contribution in [1.29, 1.82) is 0 Å². The van der Waals surface area contributed by atoms with Crippen molar-refractivity contribution in [2.75, 3.05) is 19.0 Å². The first kappa shape index (κ1) is 17.9. The molecule has 0 aliphatic heterocycles. The van der Waals surface area contributed by atoms with Gasteiger partial charge in [-0.25, -0.2) is 4.98 Å². The van der Waals surface area contributed by atoms with Gasteiger partial charge in [-0.3, -0.25) is 14.9 Å². The Kier molecular flexibility index (Phi) is 5.18. The maximum absolute atomic E-state index is 12.2. The molecule has 0 radical (unpaired) electrons. The molecule has 2 aromatic carbocycles. The van der Waals surface area contributed by atoms with E-state index < -0.39 is 0 Å². The average molecular weight is 370 g/mol. The molecule has 0 spiro atoms. The van der Waals surface area contributed by atoms with Gasteiger partial charge >= 0.3 is 0 Å². The van der Waals surface area contributed by atoms with Gasteiger partial charge < -0.3 is 9.47 Å². The summed E-state index contributed by atoms with van der Waals surface area (Å²) in [5.41, 5.74) is 2.46. The minimum Gasteiger partial charge on any atom is -0.493 e. The molecule has 0 atom stereocenters. The fraction of sp³-hybridized carbons (Fsp3) is 0.211. The highest BCUT2D eigenvalue weighted by Gasteiger charge is 2.12. The number of Topliss-reactive ketones (excluding diaryl/α,β-unsaturated/α-hetero) is 1. The molecule has 6 nitrogen and oxygen atoms in total. The van der Waals surface area contributed by atoms with Gasteiger partial charge in [-0.05, 0) is 43.7 Å². The average Bonchev–Trinajstić information content (AvgIpc) is 3.03. The van der Waals surface area contributed by atoms with Crippen molar-refractivity contribution in [2.45, 2.75) is 13.8 Å². The second-order valence-electron chi connectivity index (χ2n) is 5.70. The van der Waals surface area contributed by atoms with Gasteiger partial charge in [0.15, 0.2) is 29.0 Å². The molecular weight excluding hydrogens is 352 g/mol. The van der Waals surface area contributed by atoms with E-state index in [0.717, 1.165) is 15.8 Å². The summed E-state index contributed by atoms with van der Waals surface area (Å²) in [6.45, 7) is 3.26. The molecule has 1 amide bonds. The molecule has 1 aromatic heterocycles. The molecule has 134 valence electrons. The molecule has 1 heterocycles. The van der Waals surface area contributed by atoms with Crippen molar-refractivity contribution in [1.82, 2.24) is 4.98 Å². The van der Waals surface area contributed by atoms with Crippen LogP contribution in [0.1, 0.15) is 22.8 Å². The Morgan fingerprint density at radius 2 is 2.00 bits per heavy atom. The number of hydrogen-bond acceptors (Lipinski definition) is 6. The monoisotopic (exact) mass is 370 g/mol. The van der Waals surface area contributed by atoms with Crippen LogP contribution >= 0.6 is 11.3 Å². The van der Waals surface area contributed by atoms with E-state index in [-0.39, 0.29) is 18.3 Å². The van der Waals surface area contributed by atoms with Gasteiger partial charge in [0, 0.05) is 5.56 Å². The van der Waals surface area contributed by atoms with Crippen LogP contribution in [0.3, 0.4) is 0 Å². The van der Waals surface area contributed by atoms with Gasteiger partial charge in [0.2, 0.25) is 0 Å². The number of para-hydroxylation sites is 1. The zero-order valence-electron chi connectivity index (χ0n) is 14.7. The lowest BCUT2D eigenvalue weighted by molar-refractivity contribution is -0.118. The first-order valence-corrected chi connectivity index (χ1v) is 8.77. The van der Waals surface area contributed by atoms with E-state index in [2.05, 4.69) is 10.3 Å². The van der Waals surface area contributed by atoms with E-state index in [1.807, 2.05) is 25.1 Å². The molecule has 3 rings (SSSR count). The summed E-state index contributed by atoms with van der Waals surface area (Å²) in [6.07, 6.45) is 0. The molecule has 3 aromatic rings. The maximum Gasteiger partial charge on any atom is 0.264 e. The van der Waals surface area contributed by atoms with E-state index in [1.165, 1.54) is 25.4 Å². The Morgan fingerprint density at radius 3 is 2.69 bits per heavy atom. The molecule has 7 heteroatoms. The van der Waals surface area contributed by atoms with Gasteiger partial charge in [0.05, 0.1) is 17.3 Å². The van der Waals surface area contributed by atoms with E-state index in [1.54, 1.807) is 18.2 Å². The lowest BCUT2D eigenvalue weighted by Crippen LogP contribution is -2.20. The highest BCUT2D eigenvalue weighted by atomic mass is 32.1. The van der Waals surface area contributed by atoms with Crippen molar-refractivity contribution in [3.05, 3.63) is 47.5 Å². The van der Waals surface area contributed by atoms with Crippen molar-refractivity contribution in [2.24, 2.45) is 0 Å². The first-order valence-electron chi connectivity index (χ1n) is 7.95. The number of fused-ring (bicyclic) bond motifs is 1. The van der Waals surface area contributed by atoms with Crippen molar-refractivity contribution < 1.29 is 19.1 Å².